The molecule has 6 rings (SSSR count). The van der Waals surface area contributed by atoms with Crippen LogP contribution in [0.1, 0.15) is 59.7 Å². The molecule has 0 aliphatic carbocycles. The third kappa shape index (κ3) is 3.97. The normalized spacial score (nSPS) is 18.1. The van der Waals surface area contributed by atoms with Crippen molar-refractivity contribution in [3.63, 3.8) is 0 Å². The fraction of sp³-hybridized carbons (Fsp3) is 0.379. The van der Waals surface area contributed by atoms with Crippen molar-refractivity contribution in [1.82, 2.24) is 14.9 Å². The lowest BCUT2D eigenvalue weighted by atomic mass is 9.90. The number of carbonyl (C=O) groups excluding carboxylic acids is 2. The van der Waals surface area contributed by atoms with E-state index in [9.17, 15) is 9.59 Å². The summed E-state index contributed by atoms with van der Waals surface area (Å²) < 4.78 is 5.84. The number of rotatable bonds is 5. The van der Waals surface area contributed by atoms with Gasteiger partial charge in [-0.05, 0) is 42.0 Å². The summed E-state index contributed by atoms with van der Waals surface area (Å²) in [4.78, 5) is 38.8. The number of nitrogens with zero attached hydrogens (tertiary/aromatic N) is 4. The van der Waals surface area contributed by atoms with E-state index in [1.54, 1.807) is 11.1 Å². The van der Waals surface area contributed by atoms with Crippen molar-refractivity contribution in [1.29, 1.82) is 0 Å². The summed E-state index contributed by atoms with van der Waals surface area (Å²) in [5, 5.41) is 0. The average Bonchev–Trinajstić information content (AvgIpc) is 3.48. The van der Waals surface area contributed by atoms with E-state index in [2.05, 4.69) is 24.9 Å². The highest BCUT2D eigenvalue weighted by molar-refractivity contribution is 6.00. The minimum Gasteiger partial charge on any atom is -0.371 e. The molecule has 1 aromatic heterocycles. The number of hydrogen-bond donors (Lipinski definition) is 0. The van der Waals surface area contributed by atoms with E-state index in [0.29, 0.717) is 49.2 Å². The van der Waals surface area contributed by atoms with Crippen LogP contribution in [0.15, 0.2) is 54.7 Å². The van der Waals surface area contributed by atoms with Gasteiger partial charge in [0, 0.05) is 29.5 Å². The van der Waals surface area contributed by atoms with Crippen LogP contribution in [0.5, 0.6) is 0 Å². The van der Waals surface area contributed by atoms with Crippen LogP contribution in [0.25, 0.3) is 11.4 Å². The Bertz CT molecular complexity index is 1320. The third-order valence-corrected chi connectivity index (χ3v) is 7.54. The highest BCUT2D eigenvalue weighted by Gasteiger charge is 2.48. The largest absolute Gasteiger partial charge is 0.371 e. The van der Waals surface area contributed by atoms with E-state index in [0.717, 1.165) is 36.1 Å². The highest BCUT2D eigenvalue weighted by Crippen LogP contribution is 2.36. The number of fused-ring (bicyclic) bond motifs is 1. The number of anilines is 1. The summed E-state index contributed by atoms with van der Waals surface area (Å²) >= 11 is 0. The molecule has 3 aliphatic heterocycles. The van der Waals surface area contributed by atoms with Gasteiger partial charge in [0.15, 0.2) is 5.82 Å². The fourth-order valence-corrected chi connectivity index (χ4v) is 5.55. The third-order valence-electron chi connectivity index (χ3n) is 7.54. The van der Waals surface area contributed by atoms with Crippen LogP contribution in [0.2, 0.25) is 0 Å². The molecule has 0 atom stereocenters. The number of ether oxygens (including phenoxy) is 1. The summed E-state index contributed by atoms with van der Waals surface area (Å²) in [6.45, 7) is 6.86. The number of aromatic nitrogens is 2. The van der Waals surface area contributed by atoms with E-state index in [-0.39, 0.29) is 17.4 Å². The van der Waals surface area contributed by atoms with Gasteiger partial charge in [0.25, 0.3) is 5.91 Å². The van der Waals surface area contributed by atoms with E-state index in [4.69, 9.17) is 9.72 Å². The molecule has 2 aromatic carbocycles. The van der Waals surface area contributed by atoms with Gasteiger partial charge < -0.3 is 9.64 Å². The molecule has 7 heteroatoms. The van der Waals surface area contributed by atoms with Crippen LogP contribution >= 0.6 is 0 Å². The summed E-state index contributed by atoms with van der Waals surface area (Å²) in [5.74, 6) is 1.69. The van der Waals surface area contributed by atoms with Gasteiger partial charge in [-0.3, -0.25) is 14.5 Å². The van der Waals surface area contributed by atoms with Gasteiger partial charge in [-0.25, -0.2) is 9.97 Å². The molecule has 3 aromatic rings. The first-order valence-corrected chi connectivity index (χ1v) is 12.7. The van der Waals surface area contributed by atoms with E-state index in [1.807, 2.05) is 47.4 Å². The van der Waals surface area contributed by atoms with Crippen molar-refractivity contribution in [2.75, 3.05) is 24.6 Å². The van der Waals surface area contributed by atoms with Gasteiger partial charge in [0.05, 0.1) is 26.1 Å². The Kier molecular flexibility index (Phi) is 5.60. The van der Waals surface area contributed by atoms with Gasteiger partial charge in [-0.15, -0.1) is 0 Å². The zero-order valence-corrected chi connectivity index (χ0v) is 20.7. The van der Waals surface area contributed by atoms with Crippen molar-refractivity contribution in [2.24, 2.45) is 0 Å². The number of carbonyl (C=O) groups is 2. The molecule has 7 nitrogen and oxygen atoms in total. The zero-order valence-electron chi connectivity index (χ0n) is 20.7. The fourth-order valence-electron chi connectivity index (χ4n) is 5.55. The summed E-state index contributed by atoms with van der Waals surface area (Å²) in [5.41, 5.74) is 4.53. The van der Waals surface area contributed by atoms with Crippen molar-refractivity contribution < 1.29 is 14.3 Å². The molecule has 2 amide bonds. The molecule has 36 heavy (non-hydrogen) atoms. The lowest BCUT2D eigenvalue weighted by molar-refractivity contribution is -0.117. The molecule has 4 heterocycles. The molecule has 0 unspecified atom stereocenters. The Morgan fingerprint density at radius 2 is 1.89 bits per heavy atom. The zero-order chi connectivity index (χ0) is 24.9. The minimum absolute atomic E-state index is 0.0104. The number of hydrogen-bond acceptors (Lipinski definition) is 5. The Hall–Kier alpha value is -3.58. The quantitative estimate of drug-likeness (QED) is 0.540. The maximum absolute atomic E-state index is 12.9. The SMILES string of the molecule is CC(C)c1ccccc1-c1ncc2c(n1)N(Cc1ccc(C(=O)N3CC4(CCCO4)C3)cc1)C(=O)C2. The standard InChI is InChI=1S/C29H30N4O3/c1-19(2)23-6-3-4-7-24(23)26-30-15-22-14-25(34)33(27(22)31-26)16-20-8-10-21(11-9-20)28(35)32-17-29(18-32)12-5-13-36-29/h3-4,6-11,15,19H,5,12-14,16-18H2,1-2H3. The molecule has 0 radical (unpaired) electrons. The molecule has 0 N–H and O–H groups in total. The minimum atomic E-state index is -0.102. The first kappa shape index (κ1) is 22.9. The van der Waals surface area contributed by atoms with Crippen molar-refractivity contribution in [2.45, 2.75) is 51.2 Å². The second-order valence-electron chi connectivity index (χ2n) is 10.4. The summed E-state index contributed by atoms with van der Waals surface area (Å²) in [6.07, 6.45) is 4.19. The lowest BCUT2D eigenvalue weighted by Crippen LogP contribution is -2.63. The van der Waals surface area contributed by atoms with Crippen LogP contribution in [-0.4, -0.2) is 52.0 Å². The summed E-state index contributed by atoms with van der Waals surface area (Å²) in [6, 6.07) is 15.7. The first-order chi connectivity index (χ1) is 17.4. The van der Waals surface area contributed by atoms with Crippen molar-refractivity contribution >= 4 is 17.6 Å². The van der Waals surface area contributed by atoms with Crippen LogP contribution in [0.3, 0.4) is 0 Å². The van der Waals surface area contributed by atoms with E-state index < -0.39 is 0 Å². The second kappa shape index (κ2) is 8.82. The van der Waals surface area contributed by atoms with Crippen LogP contribution in [-0.2, 0) is 22.5 Å². The Morgan fingerprint density at radius 3 is 2.61 bits per heavy atom. The number of likely N-dealkylation sites (tertiary alicyclic amines) is 1. The highest BCUT2D eigenvalue weighted by atomic mass is 16.5. The van der Waals surface area contributed by atoms with Gasteiger partial charge in [0.1, 0.15) is 11.4 Å². The molecule has 2 fully saturated rings. The predicted octanol–water partition coefficient (Wildman–Crippen LogP) is 4.36. The maximum Gasteiger partial charge on any atom is 0.254 e. The van der Waals surface area contributed by atoms with E-state index in [1.165, 1.54) is 5.56 Å². The molecular weight excluding hydrogens is 452 g/mol. The smallest absolute Gasteiger partial charge is 0.254 e. The van der Waals surface area contributed by atoms with Crippen LogP contribution < -0.4 is 4.90 Å². The molecule has 3 aliphatic rings. The molecule has 0 bridgehead atoms. The van der Waals surface area contributed by atoms with Gasteiger partial charge in [-0.2, -0.15) is 0 Å². The maximum atomic E-state index is 12.9. The number of amides is 2. The molecule has 0 saturated carbocycles. The summed E-state index contributed by atoms with van der Waals surface area (Å²) in [7, 11) is 0. The Morgan fingerprint density at radius 1 is 1.11 bits per heavy atom. The van der Waals surface area contributed by atoms with E-state index >= 15 is 0 Å². The average molecular weight is 483 g/mol. The molecular formula is C29H30N4O3. The molecule has 184 valence electrons. The first-order valence-electron chi connectivity index (χ1n) is 12.7. The second-order valence-corrected chi connectivity index (χ2v) is 10.4. The van der Waals surface area contributed by atoms with Gasteiger partial charge in [0.2, 0.25) is 5.91 Å². The van der Waals surface area contributed by atoms with Crippen LogP contribution in [0.4, 0.5) is 5.82 Å². The number of benzene rings is 2. The molecule has 1 spiro atoms. The van der Waals surface area contributed by atoms with Gasteiger partial charge in [-0.1, -0.05) is 50.2 Å². The monoisotopic (exact) mass is 482 g/mol. The van der Waals surface area contributed by atoms with Crippen LogP contribution in [0, 0.1) is 0 Å². The Labute approximate surface area is 211 Å². The Balaban J connectivity index is 1.19. The van der Waals surface area contributed by atoms with Gasteiger partial charge >= 0.3 is 0 Å². The predicted molar refractivity (Wildman–Crippen MR) is 137 cm³/mol. The van der Waals surface area contributed by atoms with Crippen molar-refractivity contribution in [3.8, 4) is 11.4 Å². The lowest BCUT2D eigenvalue weighted by Gasteiger charge is -2.47. The topological polar surface area (TPSA) is 75.6 Å². The molecule has 2 saturated heterocycles. The van der Waals surface area contributed by atoms with Crippen molar-refractivity contribution in [3.05, 3.63) is 77.0 Å².